The van der Waals surface area contributed by atoms with Gasteiger partial charge in [0.25, 0.3) is 5.91 Å². The molecule has 0 spiro atoms. The molecule has 8 nitrogen and oxygen atoms in total. The summed E-state index contributed by atoms with van der Waals surface area (Å²) in [6, 6.07) is 12.0. The molecule has 0 N–H and O–H groups in total. The molecule has 182 valence electrons. The van der Waals surface area contributed by atoms with Gasteiger partial charge < -0.3 is 14.5 Å². The number of carbonyl (C=O) groups excluding carboxylic acids is 2. The van der Waals surface area contributed by atoms with Gasteiger partial charge in [0.15, 0.2) is 6.61 Å². The van der Waals surface area contributed by atoms with Crippen LogP contribution >= 0.6 is 0 Å². The van der Waals surface area contributed by atoms with Gasteiger partial charge in [0.05, 0.1) is 10.5 Å². The highest BCUT2D eigenvalue weighted by Crippen LogP contribution is 2.22. The van der Waals surface area contributed by atoms with Crippen LogP contribution in [0.15, 0.2) is 53.4 Å². The summed E-state index contributed by atoms with van der Waals surface area (Å²) in [7, 11) is -3.67. The predicted molar refractivity (Wildman–Crippen MR) is 125 cm³/mol. The van der Waals surface area contributed by atoms with Crippen molar-refractivity contribution in [2.24, 2.45) is 0 Å². The SMILES string of the molecule is O=C(OCC(=O)N1CCN(c2ccc(F)cc2)CC1)c1cccc(S(=O)(=O)N2CCCCC2)c1. The third kappa shape index (κ3) is 5.56. The maximum Gasteiger partial charge on any atom is 0.338 e. The number of piperidine rings is 1. The van der Waals surface area contributed by atoms with Crippen molar-refractivity contribution in [3.05, 3.63) is 59.9 Å². The molecule has 2 heterocycles. The van der Waals surface area contributed by atoms with E-state index in [4.69, 9.17) is 4.74 Å². The van der Waals surface area contributed by atoms with Gasteiger partial charge in [-0.1, -0.05) is 12.5 Å². The Morgan fingerprint density at radius 1 is 0.882 bits per heavy atom. The second-order valence-corrected chi connectivity index (χ2v) is 10.4. The normalized spacial score (nSPS) is 17.4. The van der Waals surface area contributed by atoms with Crippen LogP contribution in [0.2, 0.25) is 0 Å². The van der Waals surface area contributed by atoms with E-state index < -0.39 is 22.6 Å². The first-order valence-electron chi connectivity index (χ1n) is 11.4. The van der Waals surface area contributed by atoms with Crippen LogP contribution in [-0.4, -0.2) is 75.4 Å². The minimum Gasteiger partial charge on any atom is -0.452 e. The van der Waals surface area contributed by atoms with E-state index in [0.29, 0.717) is 39.3 Å². The zero-order chi connectivity index (χ0) is 24.1. The number of ether oxygens (including phenoxy) is 1. The van der Waals surface area contributed by atoms with Crippen LogP contribution in [0.4, 0.5) is 10.1 Å². The fourth-order valence-electron chi connectivity index (χ4n) is 4.21. The van der Waals surface area contributed by atoms with Gasteiger partial charge in [-0.05, 0) is 55.3 Å². The molecule has 2 aliphatic heterocycles. The minimum atomic E-state index is -3.67. The summed E-state index contributed by atoms with van der Waals surface area (Å²) in [5.74, 6) is -1.35. The molecule has 0 bridgehead atoms. The van der Waals surface area contributed by atoms with Gasteiger partial charge in [-0.3, -0.25) is 4.79 Å². The lowest BCUT2D eigenvalue weighted by Crippen LogP contribution is -2.49. The standard InChI is InChI=1S/C24H28FN3O5S/c25-20-7-9-21(10-8-20)26-13-15-27(16-14-26)23(29)18-33-24(30)19-5-4-6-22(17-19)34(31,32)28-11-2-1-3-12-28/h4-10,17H,1-3,11-16,18H2. The maximum absolute atomic E-state index is 13.1. The molecule has 0 unspecified atom stereocenters. The van der Waals surface area contributed by atoms with E-state index in [1.807, 2.05) is 0 Å². The smallest absolute Gasteiger partial charge is 0.338 e. The van der Waals surface area contributed by atoms with Crippen LogP contribution in [-0.2, 0) is 19.6 Å². The second-order valence-electron chi connectivity index (χ2n) is 8.41. The summed E-state index contributed by atoms with van der Waals surface area (Å²) >= 11 is 0. The van der Waals surface area contributed by atoms with Crippen LogP contribution in [0.3, 0.4) is 0 Å². The monoisotopic (exact) mass is 489 g/mol. The van der Waals surface area contributed by atoms with E-state index in [1.54, 1.807) is 17.0 Å². The zero-order valence-corrected chi connectivity index (χ0v) is 19.7. The van der Waals surface area contributed by atoms with Crippen molar-refractivity contribution in [1.82, 2.24) is 9.21 Å². The summed E-state index contributed by atoms with van der Waals surface area (Å²) in [4.78, 5) is 28.8. The number of hydrogen-bond donors (Lipinski definition) is 0. The number of benzene rings is 2. The molecule has 2 aromatic rings. The molecule has 1 amide bonds. The number of piperazine rings is 1. The van der Waals surface area contributed by atoms with Gasteiger partial charge in [-0.25, -0.2) is 17.6 Å². The van der Waals surface area contributed by atoms with Crippen molar-refractivity contribution in [3.8, 4) is 0 Å². The number of amides is 1. The average Bonchev–Trinajstić information content (AvgIpc) is 2.88. The molecule has 0 aromatic heterocycles. The molecule has 10 heteroatoms. The van der Waals surface area contributed by atoms with Crippen LogP contribution in [0.5, 0.6) is 0 Å². The topological polar surface area (TPSA) is 87.2 Å². The molecular formula is C24H28FN3O5S. The summed E-state index contributed by atoms with van der Waals surface area (Å²) in [5.41, 5.74) is 0.978. The van der Waals surface area contributed by atoms with Crippen LogP contribution < -0.4 is 4.90 Å². The van der Waals surface area contributed by atoms with Crippen LogP contribution in [0.25, 0.3) is 0 Å². The summed E-state index contributed by atoms with van der Waals surface area (Å²) in [6.45, 7) is 2.61. The lowest BCUT2D eigenvalue weighted by Gasteiger charge is -2.36. The molecule has 0 atom stereocenters. The number of nitrogens with zero attached hydrogens (tertiary/aromatic N) is 3. The quantitative estimate of drug-likeness (QED) is 0.580. The lowest BCUT2D eigenvalue weighted by molar-refractivity contribution is -0.134. The number of sulfonamides is 1. The first-order chi connectivity index (χ1) is 16.3. The zero-order valence-electron chi connectivity index (χ0n) is 18.9. The number of esters is 1. The van der Waals surface area contributed by atoms with Gasteiger partial charge in [-0.2, -0.15) is 4.31 Å². The predicted octanol–water partition coefficient (Wildman–Crippen LogP) is 2.51. The highest BCUT2D eigenvalue weighted by Gasteiger charge is 2.27. The van der Waals surface area contributed by atoms with Crippen LogP contribution in [0.1, 0.15) is 29.6 Å². The van der Waals surface area contributed by atoms with E-state index in [0.717, 1.165) is 24.9 Å². The fourth-order valence-corrected chi connectivity index (χ4v) is 5.77. The first kappa shape index (κ1) is 24.2. The minimum absolute atomic E-state index is 0.0482. The molecule has 4 rings (SSSR count). The largest absolute Gasteiger partial charge is 0.452 e. The number of carbonyl (C=O) groups is 2. The first-order valence-corrected chi connectivity index (χ1v) is 12.8. The Hall–Kier alpha value is -2.98. The Kier molecular flexibility index (Phi) is 7.47. The van der Waals surface area contributed by atoms with Crippen molar-refractivity contribution in [2.75, 3.05) is 50.8 Å². The molecule has 2 fully saturated rings. The Morgan fingerprint density at radius 2 is 1.56 bits per heavy atom. The van der Waals surface area contributed by atoms with Crippen LogP contribution in [0, 0.1) is 5.82 Å². The van der Waals surface area contributed by atoms with Crippen molar-refractivity contribution < 1.29 is 27.1 Å². The Morgan fingerprint density at radius 3 is 2.24 bits per heavy atom. The highest BCUT2D eigenvalue weighted by molar-refractivity contribution is 7.89. The molecule has 0 aliphatic carbocycles. The third-order valence-corrected chi connectivity index (χ3v) is 8.07. The van der Waals surface area contributed by atoms with E-state index >= 15 is 0 Å². The molecular weight excluding hydrogens is 461 g/mol. The molecule has 0 saturated carbocycles. The lowest BCUT2D eigenvalue weighted by atomic mass is 10.2. The highest BCUT2D eigenvalue weighted by atomic mass is 32.2. The Bertz CT molecular complexity index is 1130. The molecule has 2 aliphatic rings. The van der Waals surface area contributed by atoms with Crippen molar-refractivity contribution in [3.63, 3.8) is 0 Å². The Balaban J connectivity index is 1.30. The van der Waals surface area contributed by atoms with Gasteiger partial charge >= 0.3 is 5.97 Å². The Labute approximate surface area is 198 Å². The number of rotatable bonds is 6. The molecule has 2 aromatic carbocycles. The maximum atomic E-state index is 13.1. The summed E-state index contributed by atoms with van der Waals surface area (Å²) in [6.07, 6.45) is 2.65. The number of anilines is 1. The van der Waals surface area contributed by atoms with Gasteiger partial charge in [0.1, 0.15) is 5.82 Å². The average molecular weight is 490 g/mol. The van der Waals surface area contributed by atoms with Crippen molar-refractivity contribution in [1.29, 1.82) is 0 Å². The van der Waals surface area contributed by atoms with Gasteiger partial charge in [0, 0.05) is 45.0 Å². The summed E-state index contributed by atoms with van der Waals surface area (Å²) in [5, 5.41) is 0. The number of hydrogen-bond acceptors (Lipinski definition) is 6. The second kappa shape index (κ2) is 10.5. The molecule has 34 heavy (non-hydrogen) atoms. The number of halogens is 1. The summed E-state index contributed by atoms with van der Waals surface area (Å²) < 4.78 is 45.5. The van der Waals surface area contributed by atoms with E-state index in [9.17, 15) is 22.4 Å². The van der Waals surface area contributed by atoms with Gasteiger partial charge in [-0.15, -0.1) is 0 Å². The van der Waals surface area contributed by atoms with Crippen molar-refractivity contribution in [2.45, 2.75) is 24.2 Å². The third-order valence-electron chi connectivity index (χ3n) is 6.17. The van der Waals surface area contributed by atoms with E-state index in [-0.39, 0.29) is 22.2 Å². The molecule has 0 radical (unpaired) electrons. The van der Waals surface area contributed by atoms with Crippen molar-refractivity contribution >= 4 is 27.6 Å². The fraction of sp³-hybridized carbons (Fsp3) is 0.417. The van der Waals surface area contributed by atoms with Gasteiger partial charge in [0.2, 0.25) is 10.0 Å². The van der Waals surface area contributed by atoms with E-state index in [1.165, 1.54) is 40.7 Å². The molecule has 2 saturated heterocycles. The van der Waals surface area contributed by atoms with E-state index in [2.05, 4.69) is 4.90 Å².